The first-order chi connectivity index (χ1) is 25.9. The molecule has 0 atom stereocenters. The highest BCUT2D eigenvalue weighted by Crippen LogP contribution is 2.12. The fourth-order valence-corrected chi connectivity index (χ4v) is 6.54. The Labute approximate surface area is 330 Å². The number of thioether (sulfide) groups is 1. The standard InChI is InChI=1S/C45H80N2O5S/c1-5-7-9-11-13-15-17-19-21-23-25-27-29-31-33-35-43(48)51-40-37-47(45(50)53-42-39-46(3)4)38-41-52-44(49)36-34-32-30-28-26-24-22-20-18-16-14-12-10-8-6-2/h13-16,19-22H,5-12,17-18,23-42H2,1-4H3. The molecule has 0 aliphatic heterocycles. The zero-order chi connectivity index (χ0) is 38.9. The molecule has 8 heteroatoms. The zero-order valence-corrected chi connectivity index (χ0v) is 35.5. The van der Waals surface area contributed by atoms with E-state index in [9.17, 15) is 14.4 Å². The maximum absolute atomic E-state index is 12.9. The van der Waals surface area contributed by atoms with E-state index in [4.69, 9.17) is 9.47 Å². The van der Waals surface area contributed by atoms with Crippen LogP contribution in [0.2, 0.25) is 0 Å². The summed E-state index contributed by atoms with van der Waals surface area (Å²) in [4.78, 5) is 41.3. The van der Waals surface area contributed by atoms with Crippen molar-refractivity contribution in [3.63, 3.8) is 0 Å². The number of ether oxygens (including phenoxy) is 2. The van der Waals surface area contributed by atoms with E-state index in [-0.39, 0.29) is 30.4 Å². The highest BCUT2D eigenvalue weighted by molar-refractivity contribution is 8.13. The second kappa shape index (κ2) is 40.9. The average Bonchev–Trinajstić information content (AvgIpc) is 3.14. The van der Waals surface area contributed by atoms with Crippen molar-refractivity contribution in [2.75, 3.05) is 52.7 Å². The Morgan fingerprint density at radius 3 is 1.26 bits per heavy atom. The molecular formula is C45H80N2O5S. The average molecular weight is 761 g/mol. The van der Waals surface area contributed by atoms with E-state index in [1.54, 1.807) is 4.90 Å². The van der Waals surface area contributed by atoms with Gasteiger partial charge < -0.3 is 19.3 Å². The van der Waals surface area contributed by atoms with Crippen LogP contribution in [-0.4, -0.2) is 79.7 Å². The second-order valence-electron chi connectivity index (χ2n) is 14.3. The van der Waals surface area contributed by atoms with E-state index in [1.807, 2.05) is 19.0 Å². The Morgan fingerprint density at radius 1 is 0.491 bits per heavy atom. The van der Waals surface area contributed by atoms with Crippen LogP contribution in [0.25, 0.3) is 0 Å². The summed E-state index contributed by atoms with van der Waals surface area (Å²) in [5, 5.41) is -0.0821. The number of hydrogen-bond acceptors (Lipinski definition) is 7. The number of allylic oxidation sites excluding steroid dienone is 8. The van der Waals surface area contributed by atoms with Crippen molar-refractivity contribution in [3.8, 4) is 0 Å². The molecule has 0 fully saturated rings. The SMILES string of the molecule is CCCCCC=CCC=CCCCCCCCC(=O)OCCN(CCOC(=O)CCCCCCCC=CCC=CCCCCC)C(=O)SCCN(C)C. The summed E-state index contributed by atoms with van der Waals surface area (Å²) in [6.45, 7) is 6.16. The normalized spacial score (nSPS) is 11.9. The summed E-state index contributed by atoms with van der Waals surface area (Å²) < 4.78 is 10.9. The first-order valence-electron chi connectivity index (χ1n) is 21.4. The van der Waals surface area contributed by atoms with Gasteiger partial charge in [-0.3, -0.25) is 14.4 Å². The van der Waals surface area contributed by atoms with E-state index in [2.05, 4.69) is 62.5 Å². The van der Waals surface area contributed by atoms with E-state index in [0.29, 0.717) is 31.7 Å². The molecular weight excluding hydrogens is 681 g/mol. The van der Waals surface area contributed by atoms with Crippen molar-refractivity contribution < 1.29 is 23.9 Å². The number of unbranched alkanes of at least 4 members (excludes halogenated alkanes) is 16. The molecule has 0 aliphatic carbocycles. The molecule has 0 saturated carbocycles. The third-order valence-corrected chi connectivity index (χ3v) is 9.83. The summed E-state index contributed by atoms with van der Waals surface area (Å²) in [7, 11) is 3.95. The van der Waals surface area contributed by atoms with Gasteiger partial charge in [-0.2, -0.15) is 0 Å². The minimum Gasteiger partial charge on any atom is -0.464 e. The Bertz CT molecular complexity index is 914. The molecule has 0 N–H and O–H groups in total. The third kappa shape index (κ3) is 39.2. The van der Waals surface area contributed by atoms with E-state index < -0.39 is 0 Å². The molecule has 0 spiro atoms. The van der Waals surface area contributed by atoms with Gasteiger partial charge in [0, 0.05) is 25.1 Å². The Balaban J connectivity index is 4.11. The lowest BCUT2D eigenvalue weighted by atomic mass is 10.1. The lowest BCUT2D eigenvalue weighted by Gasteiger charge is -2.22. The van der Waals surface area contributed by atoms with Crippen molar-refractivity contribution in [2.45, 2.75) is 168 Å². The predicted molar refractivity (Wildman–Crippen MR) is 229 cm³/mol. The molecule has 0 aromatic carbocycles. The number of nitrogens with zero attached hydrogens (tertiary/aromatic N) is 2. The smallest absolute Gasteiger partial charge is 0.305 e. The number of esters is 2. The summed E-state index contributed by atoms with van der Waals surface area (Å²) in [5.74, 6) is 0.237. The Hall–Kier alpha value is -2.32. The largest absolute Gasteiger partial charge is 0.464 e. The predicted octanol–water partition coefficient (Wildman–Crippen LogP) is 12.4. The van der Waals surface area contributed by atoms with Gasteiger partial charge >= 0.3 is 11.9 Å². The van der Waals surface area contributed by atoms with E-state index >= 15 is 0 Å². The molecule has 0 rings (SSSR count). The number of amides is 1. The molecule has 306 valence electrons. The van der Waals surface area contributed by atoms with Crippen molar-refractivity contribution >= 4 is 28.9 Å². The first kappa shape index (κ1) is 50.7. The fraction of sp³-hybridized carbons (Fsp3) is 0.756. The van der Waals surface area contributed by atoms with Crippen LogP contribution in [0.4, 0.5) is 4.79 Å². The number of rotatable bonds is 37. The summed E-state index contributed by atoms with van der Waals surface area (Å²) >= 11 is 1.25. The minimum atomic E-state index is -0.216. The van der Waals surface area contributed by atoms with Crippen molar-refractivity contribution in [3.05, 3.63) is 48.6 Å². The molecule has 0 radical (unpaired) electrons. The van der Waals surface area contributed by atoms with Crippen LogP contribution in [0.1, 0.15) is 168 Å². The van der Waals surface area contributed by atoms with Crippen LogP contribution in [0.3, 0.4) is 0 Å². The molecule has 0 saturated heterocycles. The van der Waals surface area contributed by atoms with Crippen molar-refractivity contribution in [2.24, 2.45) is 0 Å². The van der Waals surface area contributed by atoms with Gasteiger partial charge in [0.15, 0.2) is 0 Å². The van der Waals surface area contributed by atoms with Gasteiger partial charge in [0.05, 0.1) is 13.1 Å². The highest BCUT2D eigenvalue weighted by atomic mass is 32.2. The number of carbonyl (C=O) groups is 3. The number of carbonyl (C=O) groups excluding carboxylic acids is 3. The molecule has 53 heavy (non-hydrogen) atoms. The van der Waals surface area contributed by atoms with E-state index in [1.165, 1.54) is 88.8 Å². The van der Waals surface area contributed by atoms with Crippen LogP contribution < -0.4 is 0 Å². The zero-order valence-electron chi connectivity index (χ0n) is 34.7. The van der Waals surface area contributed by atoms with Crippen LogP contribution in [-0.2, 0) is 19.1 Å². The lowest BCUT2D eigenvalue weighted by molar-refractivity contribution is -0.144. The van der Waals surface area contributed by atoms with E-state index in [0.717, 1.165) is 70.8 Å². The van der Waals surface area contributed by atoms with Crippen LogP contribution in [0.15, 0.2) is 48.6 Å². The topological polar surface area (TPSA) is 76.1 Å². The molecule has 0 aliphatic rings. The maximum Gasteiger partial charge on any atom is 0.305 e. The van der Waals surface area contributed by atoms with Crippen LogP contribution >= 0.6 is 11.8 Å². The summed E-state index contributed by atoms with van der Waals surface area (Å²) in [5.41, 5.74) is 0. The van der Waals surface area contributed by atoms with Gasteiger partial charge in [-0.1, -0.05) is 138 Å². The van der Waals surface area contributed by atoms with Gasteiger partial charge in [0.25, 0.3) is 5.24 Å². The first-order valence-corrected chi connectivity index (χ1v) is 22.4. The Kier molecular flexibility index (Phi) is 39.1. The molecule has 0 bridgehead atoms. The lowest BCUT2D eigenvalue weighted by Crippen LogP contribution is -2.35. The summed E-state index contributed by atoms with van der Waals surface area (Å²) in [6.07, 6.45) is 44.1. The van der Waals surface area contributed by atoms with Gasteiger partial charge in [-0.25, -0.2) is 0 Å². The minimum absolute atomic E-state index is 0.0821. The van der Waals surface area contributed by atoms with Gasteiger partial charge in [-0.05, 0) is 91.1 Å². The van der Waals surface area contributed by atoms with Gasteiger partial charge in [0.2, 0.25) is 0 Å². The molecule has 0 aromatic heterocycles. The fourth-order valence-electron chi connectivity index (χ4n) is 5.55. The highest BCUT2D eigenvalue weighted by Gasteiger charge is 2.16. The quantitative estimate of drug-likeness (QED) is 0.0354. The van der Waals surface area contributed by atoms with Crippen molar-refractivity contribution in [1.82, 2.24) is 9.80 Å². The molecule has 7 nitrogen and oxygen atoms in total. The summed E-state index contributed by atoms with van der Waals surface area (Å²) in [6, 6.07) is 0. The molecule has 1 amide bonds. The number of hydrogen-bond donors (Lipinski definition) is 0. The monoisotopic (exact) mass is 761 g/mol. The van der Waals surface area contributed by atoms with Gasteiger partial charge in [-0.15, -0.1) is 0 Å². The molecule has 0 unspecified atom stereocenters. The second-order valence-corrected chi connectivity index (χ2v) is 15.4. The van der Waals surface area contributed by atoms with Crippen molar-refractivity contribution in [1.29, 1.82) is 0 Å². The Morgan fingerprint density at radius 2 is 0.868 bits per heavy atom. The van der Waals surface area contributed by atoms with Gasteiger partial charge in [0.1, 0.15) is 13.2 Å². The molecule has 0 heterocycles. The van der Waals surface area contributed by atoms with Crippen LogP contribution in [0, 0.1) is 0 Å². The third-order valence-electron chi connectivity index (χ3n) is 8.93. The maximum atomic E-state index is 12.9. The van der Waals surface area contributed by atoms with Crippen LogP contribution in [0.5, 0.6) is 0 Å². The molecule has 0 aromatic rings.